The van der Waals surface area contributed by atoms with Crippen LogP contribution in [-0.4, -0.2) is 14.5 Å². The molecule has 0 unspecified atom stereocenters. The molecule has 0 radical (unpaired) electrons. The van der Waals surface area contributed by atoms with E-state index in [1.54, 1.807) is 36.4 Å². The number of hydrogen-bond acceptors (Lipinski definition) is 4. The molecule has 0 fully saturated rings. The molecule has 1 aromatic heterocycles. The lowest BCUT2D eigenvalue weighted by molar-refractivity contribution is -0.385. The molecule has 0 aliphatic heterocycles. The number of nitrogens with zero attached hydrogens (tertiary/aromatic N) is 3. The zero-order valence-electron chi connectivity index (χ0n) is 11.3. The summed E-state index contributed by atoms with van der Waals surface area (Å²) in [4.78, 5) is 27.2. The van der Waals surface area contributed by atoms with Crippen LogP contribution >= 0.6 is 11.6 Å². The number of hydrogen-bond donors (Lipinski definition) is 0. The molecule has 0 aliphatic carbocycles. The smallest absolute Gasteiger partial charge is 0.274 e. The maximum atomic E-state index is 12.5. The van der Waals surface area contributed by atoms with E-state index in [4.69, 9.17) is 11.6 Å². The Kier molecular flexibility index (Phi) is 3.60. The predicted octanol–water partition coefficient (Wildman–Crippen LogP) is 3.01. The summed E-state index contributed by atoms with van der Waals surface area (Å²) in [6.07, 6.45) is 1.38. The lowest BCUT2D eigenvalue weighted by Gasteiger charge is -2.07. The van der Waals surface area contributed by atoms with Crippen molar-refractivity contribution < 1.29 is 4.92 Å². The van der Waals surface area contributed by atoms with Crippen LogP contribution in [0.1, 0.15) is 5.56 Å². The van der Waals surface area contributed by atoms with E-state index in [9.17, 15) is 14.9 Å². The summed E-state index contributed by atoms with van der Waals surface area (Å²) in [6, 6.07) is 11.2. The average molecular weight is 316 g/mol. The Labute approximate surface area is 129 Å². The van der Waals surface area contributed by atoms with Crippen LogP contribution in [0.4, 0.5) is 5.69 Å². The second-order valence-corrected chi connectivity index (χ2v) is 5.16. The fraction of sp³-hybridized carbons (Fsp3) is 0.0667. The molecule has 0 saturated heterocycles. The van der Waals surface area contributed by atoms with Gasteiger partial charge >= 0.3 is 0 Å². The van der Waals surface area contributed by atoms with Crippen molar-refractivity contribution in [3.05, 3.63) is 79.8 Å². The van der Waals surface area contributed by atoms with Crippen molar-refractivity contribution in [2.24, 2.45) is 0 Å². The van der Waals surface area contributed by atoms with Gasteiger partial charge in [-0.15, -0.1) is 0 Å². The molecule has 22 heavy (non-hydrogen) atoms. The fourth-order valence-corrected chi connectivity index (χ4v) is 2.42. The number of benzene rings is 2. The van der Waals surface area contributed by atoms with Crippen LogP contribution < -0.4 is 5.56 Å². The Morgan fingerprint density at radius 3 is 2.77 bits per heavy atom. The van der Waals surface area contributed by atoms with Crippen molar-refractivity contribution in [3.63, 3.8) is 0 Å². The number of fused-ring (bicyclic) bond motifs is 1. The monoisotopic (exact) mass is 315 g/mol. The predicted molar refractivity (Wildman–Crippen MR) is 83.2 cm³/mol. The van der Waals surface area contributed by atoms with Crippen molar-refractivity contribution in [2.45, 2.75) is 6.54 Å². The summed E-state index contributed by atoms with van der Waals surface area (Å²) in [5.41, 5.74) is 0.664. The van der Waals surface area contributed by atoms with Gasteiger partial charge in [0.1, 0.15) is 0 Å². The van der Waals surface area contributed by atoms with Gasteiger partial charge in [-0.05, 0) is 18.2 Å². The Bertz CT molecular complexity index is 937. The molecule has 3 aromatic rings. The van der Waals surface area contributed by atoms with Crippen LogP contribution in [0.2, 0.25) is 5.02 Å². The van der Waals surface area contributed by atoms with Gasteiger partial charge in [-0.1, -0.05) is 29.8 Å². The van der Waals surface area contributed by atoms with Gasteiger partial charge in [0.2, 0.25) is 0 Å². The lowest BCUT2D eigenvalue weighted by Crippen LogP contribution is -2.21. The van der Waals surface area contributed by atoms with Crippen LogP contribution in [0.15, 0.2) is 53.6 Å². The van der Waals surface area contributed by atoms with Gasteiger partial charge in [-0.25, -0.2) is 4.98 Å². The molecular weight excluding hydrogens is 306 g/mol. The minimum absolute atomic E-state index is 0.0272. The zero-order valence-corrected chi connectivity index (χ0v) is 12.0. The normalized spacial score (nSPS) is 10.8. The summed E-state index contributed by atoms with van der Waals surface area (Å²) in [5.74, 6) is 0. The molecule has 0 aliphatic rings. The van der Waals surface area contributed by atoms with Gasteiger partial charge in [-0.3, -0.25) is 19.5 Å². The first-order valence-corrected chi connectivity index (χ1v) is 6.81. The Balaban J connectivity index is 2.11. The number of nitro groups is 1. The van der Waals surface area contributed by atoms with Gasteiger partial charge in [-0.2, -0.15) is 0 Å². The quantitative estimate of drug-likeness (QED) is 0.550. The standard InChI is InChI=1S/C15H10ClN3O3/c16-11-5-6-13-12(7-11)15(20)18(9-17-13)8-10-3-1-2-4-14(10)19(21)22/h1-7,9H,8H2. The Hall–Kier alpha value is -2.73. The molecule has 110 valence electrons. The van der Waals surface area contributed by atoms with Crippen molar-refractivity contribution in [3.8, 4) is 0 Å². The van der Waals surface area contributed by atoms with Gasteiger partial charge in [0.25, 0.3) is 11.2 Å². The van der Waals surface area contributed by atoms with Crippen LogP contribution in [0.25, 0.3) is 10.9 Å². The molecule has 2 aromatic carbocycles. The van der Waals surface area contributed by atoms with E-state index in [-0.39, 0.29) is 17.8 Å². The van der Waals surface area contributed by atoms with Crippen LogP contribution in [0.3, 0.4) is 0 Å². The molecule has 0 bridgehead atoms. The van der Waals surface area contributed by atoms with Gasteiger partial charge < -0.3 is 0 Å². The van der Waals surface area contributed by atoms with E-state index >= 15 is 0 Å². The summed E-state index contributed by atoms with van der Waals surface area (Å²) >= 11 is 5.90. The van der Waals surface area contributed by atoms with Crippen LogP contribution in [-0.2, 0) is 6.54 Å². The van der Waals surface area contributed by atoms with Crippen LogP contribution in [0, 0.1) is 10.1 Å². The molecule has 7 heteroatoms. The first kappa shape index (κ1) is 14.2. The third-order valence-electron chi connectivity index (χ3n) is 3.32. The first-order chi connectivity index (χ1) is 10.6. The van der Waals surface area contributed by atoms with Crippen molar-refractivity contribution in [1.29, 1.82) is 0 Å². The minimum atomic E-state index is -0.467. The Morgan fingerprint density at radius 1 is 1.23 bits per heavy atom. The number of para-hydroxylation sites is 1. The third-order valence-corrected chi connectivity index (χ3v) is 3.55. The minimum Gasteiger partial charge on any atom is -0.294 e. The fourth-order valence-electron chi connectivity index (χ4n) is 2.25. The highest BCUT2D eigenvalue weighted by molar-refractivity contribution is 6.31. The van der Waals surface area contributed by atoms with Crippen molar-refractivity contribution in [2.75, 3.05) is 0 Å². The second kappa shape index (κ2) is 5.57. The largest absolute Gasteiger partial charge is 0.294 e. The molecule has 0 amide bonds. The first-order valence-electron chi connectivity index (χ1n) is 6.43. The maximum absolute atomic E-state index is 12.5. The number of nitro benzene ring substituents is 1. The highest BCUT2D eigenvalue weighted by Gasteiger charge is 2.14. The molecule has 0 atom stereocenters. The maximum Gasteiger partial charge on any atom is 0.274 e. The van der Waals surface area contributed by atoms with E-state index in [1.807, 2.05) is 0 Å². The van der Waals surface area contributed by atoms with E-state index in [1.165, 1.54) is 17.0 Å². The summed E-state index contributed by atoms with van der Waals surface area (Å²) < 4.78 is 1.33. The topological polar surface area (TPSA) is 78.0 Å². The Morgan fingerprint density at radius 2 is 2.00 bits per heavy atom. The number of aromatic nitrogens is 2. The third kappa shape index (κ3) is 2.56. The van der Waals surface area contributed by atoms with Crippen molar-refractivity contribution >= 4 is 28.2 Å². The van der Waals surface area contributed by atoms with Gasteiger partial charge in [0, 0.05) is 16.7 Å². The highest BCUT2D eigenvalue weighted by Crippen LogP contribution is 2.19. The molecule has 0 saturated carbocycles. The van der Waals surface area contributed by atoms with Crippen LogP contribution in [0.5, 0.6) is 0 Å². The average Bonchev–Trinajstić information content (AvgIpc) is 2.51. The second-order valence-electron chi connectivity index (χ2n) is 4.72. The number of halogens is 1. The number of rotatable bonds is 3. The van der Waals surface area contributed by atoms with E-state index in [0.717, 1.165) is 0 Å². The highest BCUT2D eigenvalue weighted by atomic mass is 35.5. The summed E-state index contributed by atoms with van der Waals surface area (Å²) in [6.45, 7) is 0.0748. The molecule has 0 spiro atoms. The van der Waals surface area contributed by atoms with Gasteiger partial charge in [0.05, 0.1) is 28.7 Å². The molecule has 3 rings (SSSR count). The van der Waals surface area contributed by atoms with Gasteiger partial charge in [0.15, 0.2) is 0 Å². The van der Waals surface area contributed by atoms with E-state index in [2.05, 4.69) is 4.98 Å². The summed E-state index contributed by atoms with van der Waals surface area (Å²) in [5, 5.41) is 11.9. The lowest BCUT2D eigenvalue weighted by atomic mass is 10.1. The zero-order chi connectivity index (χ0) is 15.7. The SMILES string of the molecule is O=c1c2cc(Cl)ccc2ncn1Cc1ccccc1[N+](=O)[O-]. The van der Waals surface area contributed by atoms with E-state index < -0.39 is 4.92 Å². The molecule has 1 heterocycles. The van der Waals surface area contributed by atoms with Crippen molar-refractivity contribution in [1.82, 2.24) is 9.55 Å². The molecule has 6 nitrogen and oxygen atoms in total. The summed E-state index contributed by atoms with van der Waals surface area (Å²) in [7, 11) is 0. The molecular formula is C15H10ClN3O3. The van der Waals surface area contributed by atoms with E-state index in [0.29, 0.717) is 21.5 Å². The molecule has 0 N–H and O–H groups in total.